The van der Waals surface area contributed by atoms with Crippen LogP contribution in [0.15, 0.2) is 61.1 Å². The van der Waals surface area contributed by atoms with Gasteiger partial charge < -0.3 is 15.2 Å². The molecule has 0 fully saturated rings. The average molecular weight is 366 g/mol. The zero-order valence-electron chi connectivity index (χ0n) is 15.1. The van der Waals surface area contributed by atoms with Gasteiger partial charge in [-0.2, -0.15) is 0 Å². The van der Waals surface area contributed by atoms with Gasteiger partial charge in [-0.15, -0.1) is 5.10 Å². The molecule has 2 N–H and O–H groups in total. The summed E-state index contributed by atoms with van der Waals surface area (Å²) in [5, 5.41) is 13.4. The van der Waals surface area contributed by atoms with Crippen molar-refractivity contribution in [2.24, 2.45) is 7.05 Å². The third-order valence-corrected chi connectivity index (χ3v) is 4.23. The Hall–Kier alpha value is -3.42. The third kappa shape index (κ3) is 5.04. The average Bonchev–Trinajstić information content (AvgIpc) is 3.35. The molecule has 3 aromatic rings. The van der Waals surface area contributed by atoms with E-state index in [1.807, 2.05) is 30.3 Å². The van der Waals surface area contributed by atoms with Gasteiger partial charge in [0.2, 0.25) is 5.91 Å². The molecular weight excluding hydrogens is 344 g/mol. The van der Waals surface area contributed by atoms with Crippen LogP contribution in [0.1, 0.15) is 22.5 Å². The van der Waals surface area contributed by atoms with Gasteiger partial charge in [-0.1, -0.05) is 35.5 Å². The van der Waals surface area contributed by atoms with Gasteiger partial charge in [0, 0.05) is 32.5 Å². The monoisotopic (exact) mass is 366 g/mol. The second-order valence-electron chi connectivity index (χ2n) is 6.19. The summed E-state index contributed by atoms with van der Waals surface area (Å²) in [6, 6.07) is 12.5. The number of hydrogen-bond acceptors (Lipinski definition) is 4. The van der Waals surface area contributed by atoms with E-state index in [-0.39, 0.29) is 11.8 Å². The van der Waals surface area contributed by atoms with Crippen LogP contribution in [-0.4, -0.2) is 37.4 Å². The number of amides is 2. The van der Waals surface area contributed by atoms with Crippen molar-refractivity contribution >= 4 is 11.8 Å². The van der Waals surface area contributed by atoms with Crippen molar-refractivity contribution in [1.29, 1.82) is 0 Å². The maximum atomic E-state index is 12.7. The minimum Gasteiger partial charge on any atom is -0.350 e. The lowest BCUT2D eigenvalue weighted by atomic mass is 10.1. The number of aromatic nitrogens is 4. The van der Waals surface area contributed by atoms with Crippen LogP contribution in [0.2, 0.25) is 0 Å². The fourth-order valence-electron chi connectivity index (χ4n) is 2.72. The Kier molecular flexibility index (Phi) is 5.98. The van der Waals surface area contributed by atoms with Gasteiger partial charge in [0.1, 0.15) is 11.7 Å². The molecular formula is C19H22N6O2. The summed E-state index contributed by atoms with van der Waals surface area (Å²) in [4.78, 5) is 25.2. The molecule has 8 nitrogen and oxygen atoms in total. The number of nitrogens with one attached hydrogen (secondary N) is 2. The first-order valence-electron chi connectivity index (χ1n) is 8.71. The molecule has 2 amide bonds. The number of hydrogen-bond donors (Lipinski definition) is 2. The summed E-state index contributed by atoms with van der Waals surface area (Å²) in [5.74, 6) is -0.525. The number of benzene rings is 1. The van der Waals surface area contributed by atoms with Crippen LogP contribution in [-0.2, 0) is 24.9 Å². The molecule has 0 aliphatic carbocycles. The molecule has 3 rings (SSSR count). The predicted octanol–water partition coefficient (Wildman–Crippen LogP) is 1.12. The highest BCUT2D eigenvalue weighted by molar-refractivity contribution is 5.96. The first kappa shape index (κ1) is 18.4. The lowest BCUT2D eigenvalue weighted by Crippen LogP contribution is -2.47. The Morgan fingerprint density at radius 1 is 1.11 bits per heavy atom. The quantitative estimate of drug-likeness (QED) is 0.625. The summed E-state index contributed by atoms with van der Waals surface area (Å²) in [5.41, 5.74) is 1.49. The highest BCUT2D eigenvalue weighted by atomic mass is 16.2. The fourth-order valence-corrected chi connectivity index (χ4v) is 2.72. The van der Waals surface area contributed by atoms with E-state index in [4.69, 9.17) is 0 Å². The lowest BCUT2D eigenvalue weighted by Gasteiger charge is -2.19. The van der Waals surface area contributed by atoms with Crippen molar-refractivity contribution in [3.63, 3.8) is 0 Å². The zero-order chi connectivity index (χ0) is 19.1. The molecule has 0 saturated carbocycles. The smallest absolute Gasteiger partial charge is 0.268 e. The van der Waals surface area contributed by atoms with Crippen molar-refractivity contribution in [3.05, 3.63) is 72.3 Å². The summed E-state index contributed by atoms with van der Waals surface area (Å²) in [7, 11) is 1.79. The van der Waals surface area contributed by atoms with E-state index in [9.17, 15) is 9.59 Å². The number of nitrogens with zero attached hydrogens (tertiary/aromatic N) is 4. The van der Waals surface area contributed by atoms with Gasteiger partial charge in [0.05, 0.1) is 6.20 Å². The normalized spacial score (nSPS) is 11.7. The molecule has 0 radical (unpaired) electrons. The van der Waals surface area contributed by atoms with Crippen LogP contribution in [0.5, 0.6) is 0 Å². The van der Waals surface area contributed by atoms with Crippen LogP contribution in [0.3, 0.4) is 0 Å². The van der Waals surface area contributed by atoms with Gasteiger partial charge in [-0.05, 0) is 24.1 Å². The van der Waals surface area contributed by atoms with Crippen LogP contribution in [0.25, 0.3) is 0 Å². The molecule has 1 atom stereocenters. The van der Waals surface area contributed by atoms with E-state index >= 15 is 0 Å². The number of carbonyl (C=O) groups is 2. The highest BCUT2D eigenvalue weighted by Crippen LogP contribution is 2.04. The Morgan fingerprint density at radius 2 is 1.93 bits per heavy atom. The number of rotatable bonds is 8. The zero-order valence-corrected chi connectivity index (χ0v) is 15.1. The molecule has 2 heterocycles. The Balaban J connectivity index is 1.65. The van der Waals surface area contributed by atoms with E-state index < -0.39 is 6.04 Å². The highest BCUT2D eigenvalue weighted by Gasteiger charge is 2.22. The maximum Gasteiger partial charge on any atom is 0.268 e. The van der Waals surface area contributed by atoms with E-state index in [1.54, 1.807) is 47.0 Å². The van der Waals surface area contributed by atoms with Crippen LogP contribution >= 0.6 is 0 Å². The second-order valence-corrected chi connectivity index (χ2v) is 6.19. The largest absolute Gasteiger partial charge is 0.350 e. The Bertz CT molecular complexity index is 873. The van der Waals surface area contributed by atoms with E-state index in [2.05, 4.69) is 20.9 Å². The molecule has 2 aromatic heterocycles. The van der Waals surface area contributed by atoms with E-state index in [0.717, 1.165) is 5.56 Å². The number of aryl methyl sites for hydroxylation is 2. The van der Waals surface area contributed by atoms with E-state index in [0.29, 0.717) is 25.2 Å². The van der Waals surface area contributed by atoms with Crippen LogP contribution in [0, 0.1) is 0 Å². The third-order valence-electron chi connectivity index (χ3n) is 4.23. The lowest BCUT2D eigenvalue weighted by molar-refractivity contribution is -0.123. The standard InChI is InChI=1S/C19H22N6O2/c1-24-11-5-8-17(24)19(27)22-16(9-12-25-13-10-21-23-25)18(26)20-14-15-6-3-2-4-7-15/h2-8,10-11,13,16H,9,12,14H2,1H3,(H,20,26)(H,22,27)/t16-/m1/s1. The van der Waals surface area contributed by atoms with Crippen molar-refractivity contribution in [1.82, 2.24) is 30.2 Å². The van der Waals surface area contributed by atoms with Crippen LogP contribution < -0.4 is 10.6 Å². The molecule has 140 valence electrons. The topological polar surface area (TPSA) is 93.8 Å². The van der Waals surface area contributed by atoms with Gasteiger partial charge in [0.15, 0.2) is 0 Å². The molecule has 27 heavy (non-hydrogen) atoms. The van der Waals surface area contributed by atoms with Crippen LogP contribution in [0.4, 0.5) is 0 Å². The minimum atomic E-state index is -0.680. The second kappa shape index (κ2) is 8.79. The summed E-state index contributed by atoms with van der Waals surface area (Å²) in [6.07, 6.45) is 5.49. The van der Waals surface area contributed by atoms with Gasteiger partial charge in [0.25, 0.3) is 5.91 Å². The first-order valence-corrected chi connectivity index (χ1v) is 8.71. The Morgan fingerprint density at radius 3 is 2.59 bits per heavy atom. The Labute approximate surface area is 157 Å². The van der Waals surface area contributed by atoms with Crippen molar-refractivity contribution in [2.45, 2.75) is 25.6 Å². The molecule has 0 bridgehead atoms. The molecule has 0 aliphatic heterocycles. The SMILES string of the molecule is Cn1cccc1C(=O)N[C@H](CCn1ccnn1)C(=O)NCc1ccccc1. The van der Waals surface area contributed by atoms with E-state index in [1.165, 1.54) is 0 Å². The maximum absolute atomic E-state index is 12.7. The summed E-state index contributed by atoms with van der Waals surface area (Å²) >= 11 is 0. The molecule has 0 spiro atoms. The van der Waals surface area contributed by atoms with Crippen molar-refractivity contribution in [2.75, 3.05) is 0 Å². The molecule has 0 unspecified atom stereocenters. The molecule has 1 aromatic carbocycles. The molecule has 0 aliphatic rings. The minimum absolute atomic E-state index is 0.235. The molecule has 0 saturated heterocycles. The van der Waals surface area contributed by atoms with Crippen molar-refractivity contribution in [3.8, 4) is 0 Å². The fraction of sp³-hybridized carbons (Fsp3) is 0.263. The summed E-state index contributed by atoms with van der Waals surface area (Å²) in [6.45, 7) is 0.871. The van der Waals surface area contributed by atoms with Gasteiger partial charge >= 0.3 is 0 Å². The van der Waals surface area contributed by atoms with Gasteiger partial charge in [-0.25, -0.2) is 0 Å². The molecule has 8 heteroatoms. The predicted molar refractivity (Wildman–Crippen MR) is 99.6 cm³/mol. The number of carbonyl (C=O) groups excluding carboxylic acids is 2. The van der Waals surface area contributed by atoms with Gasteiger partial charge in [-0.3, -0.25) is 14.3 Å². The summed E-state index contributed by atoms with van der Waals surface area (Å²) < 4.78 is 3.35. The van der Waals surface area contributed by atoms with Crippen molar-refractivity contribution < 1.29 is 9.59 Å². The first-order chi connectivity index (χ1) is 13.1.